The second-order valence-corrected chi connectivity index (χ2v) is 6.22. The van der Waals surface area contributed by atoms with Crippen molar-refractivity contribution in [3.8, 4) is 22.8 Å². The Hall–Kier alpha value is -2.69. The summed E-state index contributed by atoms with van der Waals surface area (Å²) in [6.07, 6.45) is 4.96. The highest BCUT2D eigenvalue weighted by Gasteiger charge is 2.10. The molecule has 2 N–H and O–H groups in total. The second-order valence-electron chi connectivity index (χ2n) is 6.22. The molecule has 0 bridgehead atoms. The first-order valence-electron chi connectivity index (χ1n) is 8.13. The van der Waals surface area contributed by atoms with Crippen molar-refractivity contribution >= 4 is 11.3 Å². The number of nitrogen functional groups attached to an aromatic ring is 1. The van der Waals surface area contributed by atoms with E-state index in [9.17, 15) is 0 Å². The molecule has 0 unspecified atom stereocenters. The minimum Gasteiger partial charge on any atom is -0.495 e. The van der Waals surface area contributed by atoms with Crippen LogP contribution in [0.1, 0.15) is 20.3 Å². The number of hydrogen-bond donors (Lipinski definition) is 1. The molecule has 126 valence electrons. The molecule has 3 rings (SSSR count). The number of nitrogens with two attached hydrogens (primary N) is 1. The standard InChI is InChI=1S/C19H23N3O2/c1-13(2)8-10-24-18-5-4-9-22-12-16(21-19(18)22)14-6-7-17(23-3)15(20)11-14/h4-7,9,11-13H,8,10,20H2,1-3H3. The quantitative estimate of drug-likeness (QED) is 0.695. The Labute approximate surface area is 142 Å². The highest BCUT2D eigenvalue weighted by Crippen LogP contribution is 2.29. The van der Waals surface area contributed by atoms with Crippen LogP contribution in [0.25, 0.3) is 16.9 Å². The van der Waals surface area contributed by atoms with Crippen LogP contribution in [0.5, 0.6) is 11.5 Å². The molecule has 0 aliphatic heterocycles. The van der Waals surface area contributed by atoms with Crippen molar-refractivity contribution in [2.45, 2.75) is 20.3 Å². The molecule has 0 amide bonds. The smallest absolute Gasteiger partial charge is 0.180 e. The topological polar surface area (TPSA) is 61.8 Å². The number of ether oxygens (including phenoxy) is 2. The van der Waals surface area contributed by atoms with Gasteiger partial charge in [0, 0.05) is 18.0 Å². The van der Waals surface area contributed by atoms with Crippen molar-refractivity contribution in [3.63, 3.8) is 0 Å². The molecule has 0 radical (unpaired) electrons. The van der Waals surface area contributed by atoms with Crippen molar-refractivity contribution in [3.05, 3.63) is 42.7 Å². The van der Waals surface area contributed by atoms with Gasteiger partial charge in [0.15, 0.2) is 11.4 Å². The molecule has 24 heavy (non-hydrogen) atoms. The van der Waals surface area contributed by atoms with E-state index in [0.717, 1.165) is 29.1 Å². The summed E-state index contributed by atoms with van der Waals surface area (Å²) in [5.41, 5.74) is 9.21. The molecule has 0 spiro atoms. The summed E-state index contributed by atoms with van der Waals surface area (Å²) < 4.78 is 13.1. The summed E-state index contributed by atoms with van der Waals surface area (Å²) in [5.74, 6) is 2.08. The number of anilines is 1. The zero-order chi connectivity index (χ0) is 17.1. The van der Waals surface area contributed by atoms with Crippen LogP contribution in [-0.2, 0) is 0 Å². The highest BCUT2D eigenvalue weighted by molar-refractivity contribution is 5.71. The van der Waals surface area contributed by atoms with Gasteiger partial charge in [-0.05, 0) is 42.7 Å². The number of fused-ring (bicyclic) bond motifs is 1. The third-order valence-corrected chi connectivity index (χ3v) is 3.93. The average molecular weight is 325 g/mol. The van der Waals surface area contributed by atoms with Crippen LogP contribution in [0, 0.1) is 5.92 Å². The predicted molar refractivity (Wildman–Crippen MR) is 96.5 cm³/mol. The van der Waals surface area contributed by atoms with E-state index in [-0.39, 0.29) is 0 Å². The Morgan fingerprint density at radius 2 is 2.04 bits per heavy atom. The van der Waals surface area contributed by atoms with E-state index in [0.29, 0.717) is 24.0 Å². The van der Waals surface area contributed by atoms with Gasteiger partial charge in [-0.15, -0.1) is 0 Å². The molecule has 5 nitrogen and oxygen atoms in total. The summed E-state index contributed by atoms with van der Waals surface area (Å²) in [6.45, 7) is 5.06. The number of imidazole rings is 1. The molecule has 5 heteroatoms. The average Bonchev–Trinajstić information content (AvgIpc) is 2.99. The Balaban J connectivity index is 1.92. The minimum atomic E-state index is 0.598. The number of methoxy groups -OCH3 is 1. The molecule has 0 saturated heterocycles. The second kappa shape index (κ2) is 6.83. The van der Waals surface area contributed by atoms with E-state index in [4.69, 9.17) is 20.2 Å². The van der Waals surface area contributed by atoms with Gasteiger partial charge in [-0.1, -0.05) is 13.8 Å². The third-order valence-electron chi connectivity index (χ3n) is 3.93. The van der Waals surface area contributed by atoms with Gasteiger partial charge in [0.25, 0.3) is 0 Å². The van der Waals surface area contributed by atoms with Crippen LogP contribution in [-0.4, -0.2) is 23.1 Å². The molecule has 0 atom stereocenters. The Kier molecular flexibility index (Phi) is 4.60. The monoisotopic (exact) mass is 325 g/mol. The first kappa shape index (κ1) is 16.2. The van der Waals surface area contributed by atoms with Crippen LogP contribution < -0.4 is 15.2 Å². The number of aromatic nitrogens is 2. The fraction of sp³-hybridized carbons (Fsp3) is 0.316. The van der Waals surface area contributed by atoms with E-state index in [1.165, 1.54) is 0 Å². The lowest BCUT2D eigenvalue weighted by Crippen LogP contribution is -2.02. The maximum absolute atomic E-state index is 6.00. The molecule has 0 aliphatic carbocycles. The normalized spacial score (nSPS) is 11.2. The summed E-state index contributed by atoms with van der Waals surface area (Å²) in [5, 5.41) is 0. The molecule has 0 saturated carbocycles. The van der Waals surface area contributed by atoms with E-state index in [1.807, 2.05) is 47.1 Å². The van der Waals surface area contributed by atoms with Crippen molar-refractivity contribution in [2.24, 2.45) is 5.92 Å². The lowest BCUT2D eigenvalue weighted by molar-refractivity contribution is 0.291. The zero-order valence-corrected chi connectivity index (χ0v) is 14.3. The Bertz CT molecular complexity index is 840. The van der Waals surface area contributed by atoms with Crippen molar-refractivity contribution in [1.82, 2.24) is 9.38 Å². The minimum absolute atomic E-state index is 0.598. The molecule has 0 aliphatic rings. The maximum atomic E-state index is 6.00. The fourth-order valence-electron chi connectivity index (χ4n) is 2.54. The summed E-state index contributed by atoms with van der Waals surface area (Å²) in [7, 11) is 1.61. The van der Waals surface area contributed by atoms with Crippen LogP contribution in [0.4, 0.5) is 5.69 Å². The van der Waals surface area contributed by atoms with Gasteiger partial charge < -0.3 is 19.6 Å². The van der Waals surface area contributed by atoms with Gasteiger partial charge in [0.2, 0.25) is 0 Å². The highest BCUT2D eigenvalue weighted by atomic mass is 16.5. The lowest BCUT2D eigenvalue weighted by atomic mass is 10.1. The van der Waals surface area contributed by atoms with Crippen LogP contribution >= 0.6 is 0 Å². The number of rotatable bonds is 6. The van der Waals surface area contributed by atoms with Crippen LogP contribution in [0.15, 0.2) is 42.7 Å². The molecule has 1 aromatic carbocycles. The molecule has 3 aromatic rings. The summed E-state index contributed by atoms with van der Waals surface area (Å²) in [4.78, 5) is 4.72. The zero-order valence-electron chi connectivity index (χ0n) is 14.3. The molecule has 2 heterocycles. The van der Waals surface area contributed by atoms with E-state index in [1.54, 1.807) is 7.11 Å². The van der Waals surface area contributed by atoms with Gasteiger partial charge >= 0.3 is 0 Å². The van der Waals surface area contributed by atoms with Crippen LogP contribution in [0.3, 0.4) is 0 Å². The fourth-order valence-corrected chi connectivity index (χ4v) is 2.54. The number of benzene rings is 1. The maximum Gasteiger partial charge on any atom is 0.180 e. The number of hydrogen-bond acceptors (Lipinski definition) is 4. The van der Waals surface area contributed by atoms with Gasteiger partial charge in [-0.3, -0.25) is 0 Å². The molecular weight excluding hydrogens is 302 g/mol. The number of pyridine rings is 1. The van der Waals surface area contributed by atoms with E-state index >= 15 is 0 Å². The predicted octanol–water partition coefficient (Wildman–Crippen LogP) is 4.02. The summed E-state index contributed by atoms with van der Waals surface area (Å²) in [6, 6.07) is 9.60. The largest absolute Gasteiger partial charge is 0.495 e. The lowest BCUT2D eigenvalue weighted by Gasteiger charge is -2.08. The SMILES string of the molecule is COc1ccc(-c2cn3cccc(OCCC(C)C)c3n2)cc1N. The summed E-state index contributed by atoms with van der Waals surface area (Å²) >= 11 is 0. The van der Waals surface area contributed by atoms with Gasteiger partial charge in [0.1, 0.15) is 5.75 Å². The Morgan fingerprint density at radius 3 is 2.75 bits per heavy atom. The van der Waals surface area contributed by atoms with Crippen molar-refractivity contribution in [2.75, 3.05) is 19.5 Å². The van der Waals surface area contributed by atoms with Gasteiger partial charge in [0.05, 0.1) is 25.1 Å². The molecule has 0 fully saturated rings. The van der Waals surface area contributed by atoms with Crippen LogP contribution in [0.2, 0.25) is 0 Å². The first-order valence-corrected chi connectivity index (χ1v) is 8.13. The van der Waals surface area contributed by atoms with Crippen molar-refractivity contribution in [1.29, 1.82) is 0 Å². The Morgan fingerprint density at radius 1 is 1.21 bits per heavy atom. The first-order chi connectivity index (χ1) is 11.6. The van der Waals surface area contributed by atoms with E-state index in [2.05, 4.69) is 13.8 Å². The molecular formula is C19H23N3O2. The van der Waals surface area contributed by atoms with Gasteiger partial charge in [-0.2, -0.15) is 0 Å². The van der Waals surface area contributed by atoms with E-state index < -0.39 is 0 Å². The van der Waals surface area contributed by atoms with Crippen molar-refractivity contribution < 1.29 is 9.47 Å². The number of nitrogens with zero attached hydrogens (tertiary/aromatic N) is 2. The third kappa shape index (κ3) is 3.30. The molecule has 2 aromatic heterocycles. The van der Waals surface area contributed by atoms with Gasteiger partial charge in [-0.25, -0.2) is 4.98 Å².